The van der Waals surface area contributed by atoms with E-state index in [0.717, 1.165) is 0 Å². The van der Waals surface area contributed by atoms with Gasteiger partial charge in [0.05, 0.1) is 5.75 Å². The molecule has 0 saturated carbocycles. The molecule has 0 aliphatic heterocycles. The van der Waals surface area contributed by atoms with Gasteiger partial charge in [0.2, 0.25) is 5.91 Å². The van der Waals surface area contributed by atoms with Gasteiger partial charge in [0, 0.05) is 0 Å². The first-order valence-electron chi connectivity index (χ1n) is 4.60. The summed E-state index contributed by atoms with van der Waals surface area (Å²) in [7, 11) is 0. The maximum absolute atomic E-state index is 11.8. The molecule has 1 amide bonds. The Bertz CT molecular complexity index is 304. The third kappa shape index (κ3) is 8.61. The first-order valence-corrected chi connectivity index (χ1v) is 5.59. The van der Waals surface area contributed by atoms with Crippen LogP contribution >= 0.6 is 11.8 Å². The molecular formula is C9H12F3NO3S. The fourth-order valence-corrected chi connectivity index (χ4v) is 1.26. The van der Waals surface area contributed by atoms with Crippen molar-refractivity contribution in [3.05, 3.63) is 12.2 Å². The van der Waals surface area contributed by atoms with Gasteiger partial charge in [0.1, 0.15) is 6.04 Å². The lowest BCUT2D eigenvalue weighted by Crippen LogP contribution is -2.41. The van der Waals surface area contributed by atoms with Crippen LogP contribution in [0.3, 0.4) is 0 Å². The lowest BCUT2D eigenvalue weighted by molar-refractivity contribution is -0.141. The Kier molecular flexibility index (Phi) is 6.71. The molecule has 4 nitrogen and oxygen atoms in total. The first-order chi connectivity index (χ1) is 7.76. The van der Waals surface area contributed by atoms with Crippen molar-refractivity contribution >= 4 is 23.6 Å². The van der Waals surface area contributed by atoms with Crippen LogP contribution < -0.4 is 5.32 Å². The summed E-state index contributed by atoms with van der Waals surface area (Å²) in [5.41, 5.74) is -4.50. The van der Waals surface area contributed by atoms with E-state index in [1.54, 1.807) is 13.0 Å². The van der Waals surface area contributed by atoms with Gasteiger partial charge in [-0.15, -0.1) is 0 Å². The highest BCUT2D eigenvalue weighted by molar-refractivity contribution is 8.00. The normalized spacial score (nSPS) is 13.6. The van der Waals surface area contributed by atoms with Crippen LogP contribution in [-0.4, -0.2) is 34.3 Å². The van der Waals surface area contributed by atoms with E-state index in [4.69, 9.17) is 5.11 Å². The average molecular weight is 271 g/mol. The van der Waals surface area contributed by atoms with Gasteiger partial charge in [-0.05, 0) is 25.1 Å². The molecule has 0 aromatic carbocycles. The van der Waals surface area contributed by atoms with Crippen LogP contribution in [0.2, 0.25) is 0 Å². The lowest BCUT2D eigenvalue weighted by Gasteiger charge is -2.12. The molecule has 17 heavy (non-hydrogen) atoms. The summed E-state index contributed by atoms with van der Waals surface area (Å²) in [4.78, 5) is 21.7. The molecule has 0 bridgehead atoms. The monoisotopic (exact) mass is 271 g/mol. The second kappa shape index (κ2) is 7.21. The number of carboxylic acid groups (broad SMARTS) is 1. The van der Waals surface area contributed by atoms with Crippen LogP contribution in [0.5, 0.6) is 0 Å². The third-order valence-corrected chi connectivity index (χ3v) is 2.34. The van der Waals surface area contributed by atoms with Crippen molar-refractivity contribution in [1.29, 1.82) is 0 Å². The Labute approximate surface area is 100 Å². The highest BCUT2D eigenvalue weighted by atomic mass is 32.2. The van der Waals surface area contributed by atoms with E-state index in [0.29, 0.717) is 0 Å². The number of carbonyl (C=O) groups excluding carboxylic acids is 1. The van der Waals surface area contributed by atoms with E-state index >= 15 is 0 Å². The van der Waals surface area contributed by atoms with Crippen LogP contribution in [0.4, 0.5) is 13.2 Å². The van der Waals surface area contributed by atoms with Crippen molar-refractivity contribution in [2.45, 2.75) is 24.9 Å². The molecule has 0 saturated heterocycles. The molecule has 8 heteroatoms. The molecule has 0 aromatic rings. The Morgan fingerprint density at radius 2 is 2.06 bits per heavy atom. The minimum absolute atomic E-state index is 0.0360. The molecule has 0 aromatic heterocycles. The predicted octanol–water partition coefficient (Wildman–Crippen LogP) is 1.77. The molecule has 0 aliphatic rings. The van der Waals surface area contributed by atoms with E-state index in [1.807, 2.05) is 5.32 Å². The molecule has 0 aliphatic carbocycles. The lowest BCUT2D eigenvalue weighted by atomic mass is 10.2. The molecular weight excluding hydrogens is 259 g/mol. The highest BCUT2D eigenvalue weighted by Gasteiger charge is 2.30. The van der Waals surface area contributed by atoms with Gasteiger partial charge in [-0.2, -0.15) is 13.2 Å². The molecule has 1 atom stereocenters. The van der Waals surface area contributed by atoms with Crippen LogP contribution in [-0.2, 0) is 9.59 Å². The second-order valence-electron chi connectivity index (χ2n) is 3.00. The number of aliphatic carboxylic acids is 1. The molecule has 0 radical (unpaired) electrons. The van der Waals surface area contributed by atoms with Gasteiger partial charge in [0.25, 0.3) is 0 Å². The number of allylic oxidation sites excluding steroid dienone is 1. The van der Waals surface area contributed by atoms with Crippen LogP contribution in [0.1, 0.15) is 13.3 Å². The van der Waals surface area contributed by atoms with Crippen LogP contribution in [0.15, 0.2) is 12.2 Å². The number of halogens is 3. The topological polar surface area (TPSA) is 66.4 Å². The second-order valence-corrected chi connectivity index (χ2v) is 4.04. The van der Waals surface area contributed by atoms with Crippen molar-refractivity contribution in [2.75, 3.05) is 5.75 Å². The average Bonchev–Trinajstić information content (AvgIpc) is 2.19. The molecule has 0 fully saturated rings. The van der Waals surface area contributed by atoms with Crippen molar-refractivity contribution in [1.82, 2.24) is 5.32 Å². The number of nitrogens with one attached hydrogen (secondary N) is 1. The Hall–Kier alpha value is -1.18. The fraction of sp³-hybridized carbons (Fsp3) is 0.556. The van der Waals surface area contributed by atoms with Crippen molar-refractivity contribution in [3.8, 4) is 0 Å². The zero-order valence-corrected chi connectivity index (χ0v) is 9.77. The standard InChI is InChI=1S/C9H12F3NO3S/c1-2-3-4-6(8(15)16)13-7(14)5-17-9(10,11)12/h2-3,6H,4-5H2,1H3,(H,13,14)(H,15,16)/b3-2+. The Balaban J connectivity index is 4.17. The van der Waals surface area contributed by atoms with Crippen LogP contribution in [0.25, 0.3) is 0 Å². The van der Waals surface area contributed by atoms with Gasteiger partial charge in [-0.25, -0.2) is 4.79 Å². The minimum Gasteiger partial charge on any atom is -0.480 e. The van der Waals surface area contributed by atoms with Gasteiger partial charge < -0.3 is 10.4 Å². The maximum atomic E-state index is 11.8. The largest absolute Gasteiger partial charge is 0.480 e. The fourth-order valence-electron chi connectivity index (χ4n) is 0.877. The number of hydrogen-bond acceptors (Lipinski definition) is 3. The van der Waals surface area contributed by atoms with Gasteiger partial charge in [0.15, 0.2) is 0 Å². The SMILES string of the molecule is C/C=C/CC(NC(=O)CSC(F)(F)F)C(=O)O. The minimum atomic E-state index is -4.50. The quantitative estimate of drug-likeness (QED) is 0.723. The van der Waals surface area contributed by atoms with Crippen molar-refractivity contribution in [2.24, 2.45) is 0 Å². The third-order valence-electron chi connectivity index (χ3n) is 1.61. The zero-order chi connectivity index (χ0) is 13.5. The Morgan fingerprint density at radius 1 is 1.47 bits per heavy atom. The molecule has 0 rings (SSSR count). The van der Waals surface area contributed by atoms with E-state index < -0.39 is 40.9 Å². The van der Waals surface area contributed by atoms with Crippen LogP contribution in [0, 0.1) is 0 Å². The van der Waals surface area contributed by atoms with Gasteiger partial charge >= 0.3 is 11.5 Å². The predicted molar refractivity (Wildman–Crippen MR) is 57.5 cm³/mol. The van der Waals surface area contributed by atoms with Crippen molar-refractivity contribution < 1.29 is 27.9 Å². The van der Waals surface area contributed by atoms with Crippen molar-refractivity contribution in [3.63, 3.8) is 0 Å². The smallest absolute Gasteiger partial charge is 0.442 e. The Morgan fingerprint density at radius 3 is 2.47 bits per heavy atom. The number of amides is 1. The summed E-state index contributed by atoms with van der Waals surface area (Å²) in [6, 6.07) is -1.20. The first kappa shape index (κ1) is 15.8. The number of carbonyl (C=O) groups is 2. The van der Waals surface area contributed by atoms with E-state index in [2.05, 4.69) is 0 Å². The number of rotatable bonds is 6. The maximum Gasteiger partial charge on any atom is 0.442 e. The van der Waals surface area contributed by atoms with E-state index in [1.165, 1.54) is 6.08 Å². The molecule has 0 heterocycles. The summed E-state index contributed by atoms with van der Waals surface area (Å²) in [5.74, 6) is -3.08. The summed E-state index contributed by atoms with van der Waals surface area (Å²) in [6.45, 7) is 1.67. The number of thioether (sulfide) groups is 1. The number of alkyl halides is 3. The van der Waals surface area contributed by atoms with E-state index in [-0.39, 0.29) is 6.42 Å². The van der Waals surface area contributed by atoms with Gasteiger partial charge in [-0.3, -0.25) is 4.79 Å². The summed E-state index contributed by atoms with van der Waals surface area (Å²) >= 11 is -0.504. The summed E-state index contributed by atoms with van der Waals surface area (Å²) < 4.78 is 35.3. The zero-order valence-electron chi connectivity index (χ0n) is 8.95. The number of carboxylic acids is 1. The molecule has 0 spiro atoms. The number of hydrogen-bond donors (Lipinski definition) is 2. The molecule has 98 valence electrons. The van der Waals surface area contributed by atoms with Gasteiger partial charge in [-0.1, -0.05) is 12.2 Å². The summed E-state index contributed by atoms with van der Waals surface area (Å²) in [6.07, 6.45) is 3.14. The van der Waals surface area contributed by atoms with E-state index in [9.17, 15) is 22.8 Å². The molecule has 2 N–H and O–H groups in total. The highest BCUT2D eigenvalue weighted by Crippen LogP contribution is 2.29. The molecule has 1 unspecified atom stereocenters. The summed E-state index contributed by atoms with van der Waals surface area (Å²) in [5, 5.41) is 10.7.